The van der Waals surface area contributed by atoms with Crippen LogP contribution in [-0.4, -0.2) is 56.6 Å². The normalized spacial score (nSPS) is 15.3. The van der Waals surface area contributed by atoms with Gasteiger partial charge in [0.25, 0.3) is 5.91 Å². The number of piperazine rings is 1. The van der Waals surface area contributed by atoms with E-state index in [1.54, 1.807) is 27.7 Å². The minimum Gasteiger partial charge on any atom is -0.353 e. The molecule has 0 radical (unpaired) electrons. The number of pyridine rings is 1. The topological polar surface area (TPSA) is 66.6 Å². The number of anilines is 1. The fourth-order valence-electron chi connectivity index (χ4n) is 3.16. The molecule has 3 aromatic rings. The average molecular weight is 390 g/mol. The molecule has 0 bridgehead atoms. The number of alkyl halides is 3. The van der Waals surface area contributed by atoms with Gasteiger partial charge in [0.15, 0.2) is 5.65 Å². The molecule has 1 amide bonds. The van der Waals surface area contributed by atoms with E-state index in [9.17, 15) is 18.0 Å². The van der Waals surface area contributed by atoms with Crippen LogP contribution in [0.1, 0.15) is 21.7 Å². The highest BCUT2D eigenvalue weighted by atomic mass is 19.4. The van der Waals surface area contributed by atoms with Gasteiger partial charge >= 0.3 is 6.18 Å². The number of hydrogen-bond acceptors (Lipinski definition) is 5. The fourth-order valence-corrected chi connectivity index (χ4v) is 3.16. The second kappa shape index (κ2) is 6.77. The van der Waals surface area contributed by atoms with Crippen molar-refractivity contribution < 1.29 is 18.0 Å². The molecule has 0 unspecified atom stereocenters. The van der Waals surface area contributed by atoms with E-state index in [2.05, 4.69) is 15.1 Å². The predicted octanol–water partition coefficient (Wildman–Crippen LogP) is 2.41. The van der Waals surface area contributed by atoms with Crippen LogP contribution in [0, 0.1) is 6.92 Å². The number of rotatable bonds is 2. The summed E-state index contributed by atoms with van der Waals surface area (Å²) in [5.74, 6) is 0.279. The van der Waals surface area contributed by atoms with Crippen molar-refractivity contribution in [2.45, 2.75) is 13.1 Å². The van der Waals surface area contributed by atoms with Crippen molar-refractivity contribution in [2.75, 3.05) is 31.1 Å². The number of halogens is 3. The van der Waals surface area contributed by atoms with Gasteiger partial charge in [-0.2, -0.15) is 18.3 Å². The number of fused-ring (bicyclic) bond motifs is 1. The molecule has 0 aliphatic carbocycles. The maximum Gasteiger partial charge on any atom is 0.417 e. The summed E-state index contributed by atoms with van der Waals surface area (Å²) in [6.45, 7) is 3.69. The second-order valence-electron chi connectivity index (χ2n) is 6.59. The Morgan fingerprint density at radius 2 is 1.82 bits per heavy atom. The van der Waals surface area contributed by atoms with Gasteiger partial charge in [-0.15, -0.1) is 0 Å². The Labute approximate surface area is 158 Å². The molecule has 146 valence electrons. The van der Waals surface area contributed by atoms with E-state index in [0.717, 1.165) is 18.0 Å². The number of amides is 1. The van der Waals surface area contributed by atoms with E-state index in [1.165, 1.54) is 6.07 Å². The minimum atomic E-state index is -4.40. The predicted molar refractivity (Wildman–Crippen MR) is 95.1 cm³/mol. The van der Waals surface area contributed by atoms with Gasteiger partial charge in [0.05, 0.1) is 17.5 Å². The molecule has 0 saturated carbocycles. The summed E-state index contributed by atoms with van der Waals surface area (Å²) in [5, 5.41) is 4.31. The number of nitrogens with zero attached hydrogens (tertiary/aromatic N) is 6. The van der Waals surface area contributed by atoms with Gasteiger partial charge in [-0.1, -0.05) is 0 Å². The maximum absolute atomic E-state index is 12.7. The van der Waals surface area contributed by atoms with E-state index >= 15 is 0 Å². The van der Waals surface area contributed by atoms with Gasteiger partial charge in [0.2, 0.25) is 0 Å². The van der Waals surface area contributed by atoms with Crippen LogP contribution in [0.2, 0.25) is 0 Å². The fraction of sp³-hybridized carbons (Fsp3) is 0.333. The Morgan fingerprint density at radius 3 is 2.46 bits per heavy atom. The Morgan fingerprint density at radius 1 is 1.07 bits per heavy atom. The quantitative estimate of drug-likeness (QED) is 0.672. The molecule has 4 rings (SSSR count). The van der Waals surface area contributed by atoms with Gasteiger partial charge in [-0.05, 0) is 31.2 Å². The average Bonchev–Trinajstić information content (AvgIpc) is 3.06. The maximum atomic E-state index is 12.7. The summed E-state index contributed by atoms with van der Waals surface area (Å²) in [4.78, 5) is 24.5. The number of aromatic nitrogens is 4. The van der Waals surface area contributed by atoms with Crippen molar-refractivity contribution in [3.8, 4) is 0 Å². The zero-order valence-corrected chi connectivity index (χ0v) is 15.0. The van der Waals surface area contributed by atoms with Crippen LogP contribution in [0.3, 0.4) is 0 Å². The Balaban J connectivity index is 1.42. The molecule has 1 aliphatic heterocycles. The van der Waals surface area contributed by atoms with Crippen molar-refractivity contribution in [3.63, 3.8) is 0 Å². The van der Waals surface area contributed by atoms with Crippen LogP contribution >= 0.6 is 0 Å². The summed E-state index contributed by atoms with van der Waals surface area (Å²) >= 11 is 0. The lowest BCUT2D eigenvalue weighted by atomic mass is 10.2. The first-order valence-electron chi connectivity index (χ1n) is 8.72. The monoisotopic (exact) mass is 390 g/mol. The van der Waals surface area contributed by atoms with Gasteiger partial charge in [0.1, 0.15) is 11.5 Å². The van der Waals surface area contributed by atoms with Crippen LogP contribution < -0.4 is 4.90 Å². The van der Waals surface area contributed by atoms with Crippen LogP contribution in [0.25, 0.3) is 5.65 Å². The molecular formula is C18H17F3N6O. The molecule has 0 N–H and O–H groups in total. The summed E-state index contributed by atoms with van der Waals surface area (Å²) < 4.78 is 39.5. The molecule has 4 heterocycles. The lowest BCUT2D eigenvalue weighted by Crippen LogP contribution is -2.49. The molecule has 1 fully saturated rings. The molecule has 0 aromatic carbocycles. The zero-order valence-electron chi connectivity index (χ0n) is 15.0. The standard InChI is InChI=1S/C18H17F3N6O/c1-12-11-27-16(23-12)5-3-14(24-27)17(28)26-8-6-25(7-9-26)15-4-2-13(10-22-15)18(19,20)21/h2-5,10-11H,6-9H2,1H3. The summed E-state index contributed by atoms with van der Waals surface area (Å²) in [7, 11) is 0. The number of imidazole rings is 1. The highest BCUT2D eigenvalue weighted by molar-refractivity contribution is 5.92. The summed E-state index contributed by atoms with van der Waals surface area (Å²) in [5.41, 5.74) is 1.04. The van der Waals surface area contributed by atoms with Gasteiger partial charge < -0.3 is 9.80 Å². The first kappa shape index (κ1) is 18.2. The molecular weight excluding hydrogens is 373 g/mol. The number of hydrogen-bond donors (Lipinski definition) is 0. The van der Waals surface area contributed by atoms with E-state index in [0.29, 0.717) is 43.3 Å². The van der Waals surface area contributed by atoms with Crippen molar-refractivity contribution in [2.24, 2.45) is 0 Å². The SMILES string of the molecule is Cc1cn2nc(C(=O)N3CCN(c4ccc(C(F)(F)F)cn4)CC3)ccc2n1. The van der Waals surface area contributed by atoms with E-state index < -0.39 is 11.7 Å². The van der Waals surface area contributed by atoms with Crippen LogP contribution in [0.15, 0.2) is 36.7 Å². The molecule has 7 nitrogen and oxygen atoms in total. The lowest BCUT2D eigenvalue weighted by Gasteiger charge is -2.35. The Kier molecular flexibility index (Phi) is 4.40. The molecule has 0 atom stereocenters. The summed E-state index contributed by atoms with van der Waals surface area (Å²) in [6.07, 6.45) is -1.82. The lowest BCUT2D eigenvalue weighted by molar-refractivity contribution is -0.137. The third kappa shape index (κ3) is 3.49. The van der Waals surface area contributed by atoms with Crippen molar-refractivity contribution in [1.29, 1.82) is 0 Å². The molecule has 1 saturated heterocycles. The van der Waals surface area contributed by atoms with Crippen LogP contribution in [-0.2, 0) is 6.18 Å². The first-order chi connectivity index (χ1) is 13.3. The molecule has 0 spiro atoms. The number of carbonyl (C=O) groups excluding carboxylic acids is 1. The molecule has 28 heavy (non-hydrogen) atoms. The van der Waals surface area contributed by atoms with Crippen molar-refractivity contribution in [1.82, 2.24) is 24.5 Å². The van der Waals surface area contributed by atoms with E-state index in [1.807, 2.05) is 11.8 Å². The second-order valence-corrected chi connectivity index (χ2v) is 6.59. The number of aryl methyl sites for hydroxylation is 1. The van der Waals surface area contributed by atoms with Crippen LogP contribution in [0.4, 0.5) is 19.0 Å². The summed E-state index contributed by atoms with van der Waals surface area (Å²) in [6, 6.07) is 5.77. The van der Waals surface area contributed by atoms with E-state index in [4.69, 9.17) is 0 Å². The Bertz CT molecular complexity index is 1010. The highest BCUT2D eigenvalue weighted by Crippen LogP contribution is 2.29. The smallest absolute Gasteiger partial charge is 0.353 e. The Hall–Kier alpha value is -3.17. The third-order valence-corrected chi connectivity index (χ3v) is 4.63. The zero-order chi connectivity index (χ0) is 19.9. The molecule has 10 heteroatoms. The largest absolute Gasteiger partial charge is 0.417 e. The highest BCUT2D eigenvalue weighted by Gasteiger charge is 2.31. The van der Waals surface area contributed by atoms with Gasteiger partial charge in [0, 0.05) is 32.4 Å². The van der Waals surface area contributed by atoms with Gasteiger partial charge in [-0.3, -0.25) is 4.79 Å². The van der Waals surface area contributed by atoms with Crippen LogP contribution in [0.5, 0.6) is 0 Å². The first-order valence-corrected chi connectivity index (χ1v) is 8.72. The van der Waals surface area contributed by atoms with Gasteiger partial charge in [-0.25, -0.2) is 14.5 Å². The molecule has 3 aromatic heterocycles. The molecule has 1 aliphatic rings. The van der Waals surface area contributed by atoms with Crippen molar-refractivity contribution in [3.05, 3.63) is 53.6 Å². The van der Waals surface area contributed by atoms with Crippen molar-refractivity contribution >= 4 is 17.4 Å². The number of carbonyl (C=O) groups is 1. The third-order valence-electron chi connectivity index (χ3n) is 4.63. The van der Waals surface area contributed by atoms with E-state index in [-0.39, 0.29) is 5.91 Å². The minimum absolute atomic E-state index is 0.187.